The summed E-state index contributed by atoms with van der Waals surface area (Å²) in [6.07, 6.45) is 1.99. The normalized spacial score (nSPS) is 11.4. The zero-order valence-corrected chi connectivity index (χ0v) is 13.9. The first-order chi connectivity index (χ1) is 9.56. The van der Waals surface area contributed by atoms with Crippen molar-refractivity contribution < 1.29 is 9.90 Å². The maximum Gasteiger partial charge on any atom is 0.313 e. The van der Waals surface area contributed by atoms with Gasteiger partial charge in [-0.15, -0.1) is 0 Å². The highest BCUT2D eigenvalue weighted by atomic mass is 79.9. The van der Waals surface area contributed by atoms with Crippen LogP contribution in [-0.2, 0) is 4.79 Å². The number of nitrogens with zero attached hydrogens (tertiary/aromatic N) is 2. The molecule has 1 N–H and O–H groups in total. The van der Waals surface area contributed by atoms with Crippen LogP contribution in [0.3, 0.4) is 0 Å². The van der Waals surface area contributed by atoms with E-state index in [2.05, 4.69) is 39.3 Å². The van der Waals surface area contributed by atoms with Gasteiger partial charge in [-0.05, 0) is 31.0 Å². The van der Waals surface area contributed by atoms with Gasteiger partial charge >= 0.3 is 5.97 Å². The molecule has 0 radical (unpaired) electrons. The van der Waals surface area contributed by atoms with Gasteiger partial charge < -0.3 is 9.67 Å². The number of carboxylic acid groups (broad SMARTS) is 1. The average Bonchev–Trinajstić information content (AvgIpc) is 2.76. The Bertz CT molecular complexity index is 623. The number of carbonyl (C=O) groups is 1. The van der Waals surface area contributed by atoms with Crippen LogP contribution >= 0.6 is 27.7 Å². The number of hydrogen-bond acceptors (Lipinski definition) is 3. The topological polar surface area (TPSA) is 55.1 Å². The van der Waals surface area contributed by atoms with Crippen LogP contribution < -0.4 is 0 Å². The second-order valence-corrected chi connectivity index (χ2v) is 6.41. The summed E-state index contributed by atoms with van der Waals surface area (Å²) in [6, 6.07) is 6.30. The number of carboxylic acids is 1. The van der Waals surface area contributed by atoms with Gasteiger partial charge in [0.2, 0.25) is 0 Å². The van der Waals surface area contributed by atoms with E-state index < -0.39 is 5.97 Å². The second kappa shape index (κ2) is 6.63. The van der Waals surface area contributed by atoms with Crippen molar-refractivity contribution in [2.75, 3.05) is 5.75 Å². The number of benzene rings is 1. The molecule has 2 aromatic rings. The van der Waals surface area contributed by atoms with Crippen molar-refractivity contribution in [1.29, 1.82) is 0 Å². The van der Waals surface area contributed by atoms with E-state index in [1.807, 2.05) is 18.2 Å². The molecule has 0 fully saturated rings. The van der Waals surface area contributed by atoms with E-state index in [0.717, 1.165) is 33.5 Å². The van der Waals surface area contributed by atoms with E-state index >= 15 is 0 Å². The Kier molecular flexibility index (Phi) is 5.10. The molecule has 0 aliphatic rings. The quantitative estimate of drug-likeness (QED) is 0.782. The zero-order valence-electron chi connectivity index (χ0n) is 11.5. The van der Waals surface area contributed by atoms with E-state index in [1.54, 1.807) is 0 Å². The highest BCUT2D eigenvalue weighted by molar-refractivity contribution is 9.10. The summed E-state index contributed by atoms with van der Waals surface area (Å²) in [5.74, 6) is -0.788. The largest absolute Gasteiger partial charge is 0.481 e. The van der Waals surface area contributed by atoms with Gasteiger partial charge in [-0.25, -0.2) is 4.98 Å². The SMILES string of the molecule is CCC(CC)n1c(SCC(=O)O)nc2ccc(Br)cc21. The highest BCUT2D eigenvalue weighted by Crippen LogP contribution is 2.32. The first-order valence-electron chi connectivity index (χ1n) is 6.58. The fourth-order valence-electron chi connectivity index (χ4n) is 2.28. The zero-order chi connectivity index (χ0) is 14.7. The lowest BCUT2D eigenvalue weighted by Gasteiger charge is -2.18. The van der Waals surface area contributed by atoms with Crippen LogP contribution in [0, 0.1) is 0 Å². The van der Waals surface area contributed by atoms with Crippen molar-refractivity contribution in [3.05, 3.63) is 22.7 Å². The molecule has 6 heteroatoms. The third kappa shape index (κ3) is 3.17. The number of aliphatic carboxylic acids is 1. The fraction of sp³-hybridized carbons (Fsp3) is 0.429. The number of imidazole rings is 1. The first kappa shape index (κ1) is 15.4. The Hall–Kier alpha value is -1.01. The third-order valence-corrected chi connectivity index (χ3v) is 4.68. The number of halogens is 1. The minimum Gasteiger partial charge on any atom is -0.481 e. The van der Waals surface area contributed by atoms with Crippen LogP contribution in [0.15, 0.2) is 27.8 Å². The van der Waals surface area contributed by atoms with E-state index in [0.29, 0.717) is 6.04 Å². The van der Waals surface area contributed by atoms with E-state index in [-0.39, 0.29) is 5.75 Å². The number of fused-ring (bicyclic) bond motifs is 1. The van der Waals surface area contributed by atoms with Gasteiger partial charge in [-0.2, -0.15) is 0 Å². The lowest BCUT2D eigenvalue weighted by Crippen LogP contribution is -2.09. The summed E-state index contributed by atoms with van der Waals surface area (Å²) < 4.78 is 3.18. The summed E-state index contributed by atoms with van der Waals surface area (Å²) >= 11 is 4.77. The Morgan fingerprint density at radius 2 is 2.15 bits per heavy atom. The molecular formula is C14H17BrN2O2S. The molecule has 0 bridgehead atoms. The minimum absolute atomic E-state index is 0.0324. The summed E-state index contributed by atoms with van der Waals surface area (Å²) in [5, 5.41) is 9.66. The molecule has 1 aromatic heterocycles. The molecule has 0 amide bonds. The van der Waals surface area contributed by atoms with Gasteiger partial charge in [0.25, 0.3) is 0 Å². The molecule has 0 unspecified atom stereocenters. The summed E-state index contributed by atoms with van der Waals surface area (Å²) in [6.45, 7) is 4.28. The molecule has 0 saturated heterocycles. The van der Waals surface area contributed by atoms with Crippen molar-refractivity contribution in [2.45, 2.75) is 37.9 Å². The van der Waals surface area contributed by atoms with E-state index in [1.165, 1.54) is 11.8 Å². The first-order valence-corrected chi connectivity index (χ1v) is 8.36. The minimum atomic E-state index is -0.820. The van der Waals surface area contributed by atoms with E-state index in [9.17, 15) is 4.79 Å². The molecule has 0 saturated carbocycles. The van der Waals surface area contributed by atoms with Gasteiger partial charge in [-0.1, -0.05) is 41.5 Å². The average molecular weight is 357 g/mol. The predicted molar refractivity (Wildman–Crippen MR) is 85.4 cm³/mol. The lowest BCUT2D eigenvalue weighted by molar-refractivity contribution is -0.133. The number of aromatic nitrogens is 2. The molecule has 108 valence electrons. The molecule has 2 rings (SSSR count). The second-order valence-electron chi connectivity index (χ2n) is 4.55. The van der Waals surface area contributed by atoms with Crippen molar-refractivity contribution in [3.63, 3.8) is 0 Å². The van der Waals surface area contributed by atoms with Crippen molar-refractivity contribution in [1.82, 2.24) is 9.55 Å². The molecular weight excluding hydrogens is 340 g/mol. The monoisotopic (exact) mass is 356 g/mol. The number of thioether (sulfide) groups is 1. The Balaban J connectivity index is 2.53. The van der Waals surface area contributed by atoms with Crippen LogP contribution in [0.5, 0.6) is 0 Å². The Morgan fingerprint density at radius 3 is 2.75 bits per heavy atom. The standard InChI is InChI=1S/C14H17BrN2O2S/c1-3-10(4-2)17-12-7-9(15)5-6-11(12)16-14(17)20-8-13(18)19/h5-7,10H,3-4,8H2,1-2H3,(H,18,19). The van der Waals surface area contributed by atoms with Crippen LogP contribution in [0.1, 0.15) is 32.7 Å². The molecule has 20 heavy (non-hydrogen) atoms. The summed E-state index contributed by atoms with van der Waals surface area (Å²) in [4.78, 5) is 15.4. The number of hydrogen-bond donors (Lipinski definition) is 1. The van der Waals surface area contributed by atoms with Gasteiger partial charge in [0.15, 0.2) is 5.16 Å². The molecule has 0 aliphatic carbocycles. The smallest absolute Gasteiger partial charge is 0.313 e. The Morgan fingerprint density at radius 1 is 1.45 bits per heavy atom. The molecule has 4 nitrogen and oxygen atoms in total. The van der Waals surface area contributed by atoms with Crippen molar-refractivity contribution >= 4 is 44.7 Å². The van der Waals surface area contributed by atoms with Gasteiger partial charge in [0.05, 0.1) is 16.8 Å². The van der Waals surface area contributed by atoms with Gasteiger partial charge in [0.1, 0.15) is 0 Å². The van der Waals surface area contributed by atoms with Crippen LogP contribution in [0.25, 0.3) is 11.0 Å². The maximum absolute atomic E-state index is 10.8. The number of rotatable bonds is 6. The summed E-state index contributed by atoms with van der Waals surface area (Å²) in [5.41, 5.74) is 1.97. The van der Waals surface area contributed by atoms with Crippen LogP contribution in [0.4, 0.5) is 0 Å². The molecule has 1 heterocycles. The van der Waals surface area contributed by atoms with Crippen molar-refractivity contribution in [3.8, 4) is 0 Å². The van der Waals surface area contributed by atoms with Gasteiger partial charge in [0, 0.05) is 10.5 Å². The third-order valence-electron chi connectivity index (χ3n) is 3.25. The predicted octanol–water partition coefficient (Wildman–Crippen LogP) is 4.34. The van der Waals surface area contributed by atoms with Crippen molar-refractivity contribution in [2.24, 2.45) is 0 Å². The fourth-order valence-corrected chi connectivity index (χ4v) is 3.43. The van der Waals surface area contributed by atoms with E-state index in [4.69, 9.17) is 5.11 Å². The summed E-state index contributed by atoms with van der Waals surface area (Å²) in [7, 11) is 0. The molecule has 0 spiro atoms. The Labute approximate surface area is 130 Å². The molecule has 0 atom stereocenters. The molecule has 1 aromatic carbocycles. The maximum atomic E-state index is 10.8. The van der Waals surface area contributed by atoms with Gasteiger partial charge in [-0.3, -0.25) is 4.79 Å². The van der Waals surface area contributed by atoms with Crippen LogP contribution in [0.2, 0.25) is 0 Å². The van der Waals surface area contributed by atoms with Crippen LogP contribution in [-0.4, -0.2) is 26.4 Å². The molecule has 0 aliphatic heterocycles. The highest BCUT2D eigenvalue weighted by Gasteiger charge is 2.18. The lowest BCUT2D eigenvalue weighted by atomic mass is 10.1.